The maximum atomic E-state index is 10.5. The van der Waals surface area contributed by atoms with Crippen LogP contribution in [0.5, 0.6) is 0 Å². The maximum Gasteiger partial charge on any atom is 0.328 e. The molecule has 0 aromatic heterocycles. The lowest BCUT2D eigenvalue weighted by Gasteiger charge is -2.16. The predicted molar refractivity (Wildman–Crippen MR) is 79.2 cm³/mol. The summed E-state index contributed by atoms with van der Waals surface area (Å²) >= 11 is 0. The fourth-order valence-corrected chi connectivity index (χ4v) is 3.62. The van der Waals surface area contributed by atoms with Crippen LogP contribution in [0.3, 0.4) is 0 Å². The molecule has 3 rings (SSSR count). The monoisotopic (exact) mass is 271 g/mol. The van der Waals surface area contributed by atoms with E-state index in [-0.39, 0.29) is 0 Å². The highest BCUT2D eigenvalue weighted by Crippen LogP contribution is 2.38. The van der Waals surface area contributed by atoms with Gasteiger partial charge in [0.2, 0.25) is 0 Å². The Morgan fingerprint density at radius 2 is 1.85 bits per heavy atom. The first-order chi connectivity index (χ1) is 9.70. The van der Waals surface area contributed by atoms with Gasteiger partial charge in [-0.1, -0.05) is 30.7 Å². The Hall–Kier alpha value is -1.61. The van der Waals surface area contributed by atoms with Crippen LogP contribution in [0.25, 0.3) is 6.08 Å². The third kappa shape index (κ3) is 3.10. The highest BCUT2D eigenvalue weighted by molar-refractivity contribution is 5.85. The van der Waals surface area contributed by atoms with Crippen LogP contribution < -0.4 is 0 Å². The Balaban J connectivity index is 1.57. The van der Waals surface area contributed by atoms with Gasteiger partial charge in [-0.3, -0.25) is 4.90 Å². The van der Waals surface area contributed by atoms with Gasteiger partial charge in [-0.15, -0.1) is 0 Å². The molecule has 2 atom stereocenters. The number of rotatable bonds is 4. The molecule has 2 fully saturated rings. The lowest BCUT2D eigenvalue weighted by atomic mass is 10.0. The second-order valence-electron chi connectivity index (χ2n) is 6.06. The van der Waals surface area contributed by atoms with Crippen LogP contribution in [-0.2, 0) is 11.3 Å². The van der Waals surface area contributed by atoms with Gasteiger partial charge in [0, 0.05) is 25.7 Å². The van der Waals surface area contributed by atoms with E-state index in [9.17, 15) is 4.79 Å². The van der Waals surface area contributed by atoms with Gasteiger partial charge in [-0.2, -0.15) is 0 Å². The molecule has 106 valence electrons. The largest absolute Gasteiger partial charge is 0.478 e. The molecule has 2 unspecified atom stereocenters. The summed E-state index contributed by atoms with van der Waals surface area (Å²) < 4.78 is 0. The first kappa shape index (κ1) is 13.4. The normalized spacial score (nSPS) is 26.2. The van der Waals surface area contributed by atoms with Gasteiger partial charge in [0.05, 0.1) is 0 Å². The average molecular weight is 271 g/mol. The summed E-state index contributed by atoms with van der Waals surface area (Å²) in [6.07, 6.45) is 7.07. The zero-order chi connectivity index (χ0) is 13.9. The molecule has 3 nitrogen and oxygen atoms in total. The van der Waals surface area contributed by atoms with E-state index in [0.717, 1.165) is 23.9 Å². The molecule has 20 heavy (non-hydrogen) atoms. The Kier molecular flexibility index (Phi) is 3.88. The van der Waals surface area contributed by atoms with Gasteiger partial charge in [-0.05, 0) is 41.9 Å². The van der Waals surface area contributed by atoms with E-state index in [0.29, 0.717) is 0 Å². The number of carbonyl (C=O) groups is 1. The molecule has 1 N–H and O–H groups in total. The molecular formula is C17H21NO2. The number of carboxylic acids is 1. The summed E-state index contributed by atoms with van der Waals surface area (Å²) in [6.45, 7) is 3.53. The second-order valence-corrected chi connectivity index (χ2v) is 6.06. The van der Waals surface area contributed by atoms with Gasteiger partial charge < -0.3 is 5.11 Å². The van der Waals surface area contributed by atoms with Gasteiger partial charge in [0.15, 0.2) is 0 Å². The van der Waals surface area contributed by atoms with Crippen molar-refractivity contribution in [2.24, 2.45) is 11.8 Å². The molecule has 0 radical (unpaired) electrons. The Bertz CT molecular complexity index is 494. The SMILES string of the molecule is O=C(O)/C=C/c1ccc(CN2CC3CCCC3C2)cc1. The minimum atomic E-state index is -0.905. The van der Waals surface area contributed by atoms with Gasteiger partial charge >= 0.3 is 5.97 Å². The van der Waals surface area contributed by atoms with E-state index in [1.54, 1.807) is 6.08 Å². The highest BCUT2D eigenvalue weighted by atomic mass is 16.4. The third-order valence-electron chi connectivity index (χ3n) is 4.61. The third-order valence-corrected chi connectivity index (χ3v) is 4.61. The lowest BCUT2D eigenvalue weighted by molar-refractivity contribution is -0.131. The van der Waals surface area contributed by atoms with Crippen LogP contribution in [0, 0.1) is 11.8 Å². The Labute approximate surface area is 119 Å². The Morgan fingerprint density at radius 3 is 2.45 bits per heavy atom. The van der Waals surface area contributed by atoms with Crippen molar-refractivity contribution in [1.82, 2.24) is 4.90 Å². The lowest BCUT2D eigenvalue weighted by Crippen LogP contribution is -2.20. The van der Waals surface area contributed by atoms with E-state index in [4.69, 9.17) is 5.11 Å². The topological polar surface area (TPSA) is 40.5 Å². The molecule has 2 aliphatic rings. The molecule has 1 aromatic rings. The van der Waals surface area contributed by atoms with Crippen molar-refractivity contribution in [1.29, 1.82) is 0 Å². The number of aliphatic carboxylic acids is 1. The van der Waals surface area contributed by atoms with Gasteiger partial charge in [0.1, 0.15) is 0 Å². The van der Waals surface area contributed by atoms with E-state index in [1.165, 1.54) is 44.0 Å². The predicted octanol–water partition coefficient (Wildman–Crippen LogP) is 3.02. The van der Waals surface area contributed by atoms with Crippen molar-refractivity contribution < 1.29 is 9.90 Å². The molecule has 1 aromatic carbocycles. The van der Waals surface area contributed by atoms with E-state index in [1.807, 2.05) is 12.1 Å². The summed E-state index contributed by atoms with van der Waals surface area (Å²) in [5.41, 5.74) is 2.26. The summed E-state index contributed by atoms with van der Waals surface area (Å²) in [4.78, 5) is 13.0. The summed E-state index contributed by atoms with van der Waals surface area (Å²) in [5, 5.41) is 8.60. The van der Waals surface area contributed by atoms with Crippen LogP contribution >= 0.6 is 0 Å². The molecule has 1 heterocycles. The quantitative estimate of drug-likeness (QED) is 0.856. The summed E-state index contributed by atoms with van der Waals surface area (Å²) in [7, 11) is 0. The van der Waals surface area contributed by atoms with Crippen LogP contribution in [0.2, 0.25) is 0 Å². The average Bonchev–Trinajstić information content (AvgIpc) is 2.99. The van der Waals surface area contributed by atoms with Crippen LogP contribution in [0.15, 0.2) is 30.3 Å². The molecule has 1 saturated carbocycles. The maximum absolute atomic E-state index is 10.5. The highest BCUT2D eigenvalue weighted by Gasteiger charge is 2.35. The smallest absolute Gasteiger partial charge is 0.328 e. The van der Waals surface area contributed by atoms with Crippen molar-refractivity contribution in [2.45, 2.75) is 25.8 Å². The van der Waals surface area contributed by atoms with Crippen molar-refractivity contribution in [3.63, 3.8) is 0 Å². The van der Waals surface area contributed by atoms with Gasteiger partial charge in [-0.25, -0.2) is 4.79 Å². The fraction of sp³-hybridized carbons (Fsp3) is 0.471. The van der Waals surface area contributed by atoms with Crippen LogP contribution in [0.1, 0.15) is 30.4 Å². The number of hydrogen-bond donors (Lipinski definition) is 1. The number of nitrogens with zero attached hydrogens (tertiary/aromatic N) is 1. The molecule has 1 aliphatic heterocycles. The number of carboxylic acid groups (broad SMARTS) is 1. The molecule has 1 saturated heterocycles. The van der Waals surface area contributed by atoms with Crippen molar-refractivity contribution in [3.8, 4) is 0 Å². The van der Waals surface area contributed by atoms with E-state index in [2.05, 4.69) is 17.0 Å². The minimum absolute atomic E-state index is 0.905. The van der Waals surface area contributed by atoms with Gasteiger partial charge in [0.25, 0.3) is 0 Å². The van der Waals surface area contributed by atoms with E-state index >= 15 is 0 Å². The zero-order valence-corrected chi connectivity index (χ0v) is 11.7. The van der Waals surface area contributed by atoms with Crippen LogP contribution in [0.4, 0.5) is 0 Å². The van der Waals surface area contributed by atoms with Crippen LogP contribution in [-0.4, -0.2) is 29.1 Å². The number of fused-ring (bicyclic) bond motifs is 1. The number of hydrogen-bond acceptors (Lipinski definition) is 2. The fourth-order valence-electron chi connectivity index (χ4n) is 3.62. The first-order valence-electron chi connectivity index (χ1n) is 7.43. The number of likely N-dealkylation sites (tertiary alicyclic amines) is 1. The van der Waals surface area contributed by atoms with E-state index < -0.39 is 5.97 Å². The standard InChI is InChI=1S/C17H21NO2/c19-17(20)9-8-13-4-6-14(7-5-13)10-18-11-15-2-1-3-16(15)12-18/h4-9,15-16H,1-3,10-12H2,(H,19,20)/b9-8+. The summed E-state index contributed by atoms with van der Waals surface area (Å²) in [5.74, 6) is 0.971. The second kappa shape index (κ2) is 5.80. The molecule has 0 bridgehead atoms. The minimum Gasteiger partial charge on any atom is -0.478 e. The molecule has 3 heteroatoms. The Morgan fingerprint density at radius 1 is 1.20 bits per heavy atom. The van der Waals surface area contributed by atoms with Crippen molar-refractivity contribution in [2.75, 3.05) is 13.1 Å². The van der Waals surface area contributed by atoms with Crippen molar-refractivity contribution in [3.05, 3.63) is 41.5 Å². The molecular weight excluding hydrogens is 250 g/mol. The number of benzene rings is 1. The zero-order valence-electron chi connectivity index (χ0n) is 11.7. The molecule has 1 aliphatic carbocycles. The van der Waals surface area contributed by atoms with Crippen molar-refractivity contribution >= 4 is 12.0 Å². The molecule has 0 amide bonds. The summed E-state index contributed by atoms with van der Waals surface area (Å²) in [6, 6.07) is 8.20. The first-order valence-corrected chi connectivity index (χ1v) is 7.43. The molecule has 0 spiro atoms.